The zero-order valence-electron chi connectivity index (χ0n) is 12.2. The van der Waals surface area contributed by atoms with E-state index < -0.39 is 0 Å². The summed E-state index contributed by atoms with van der Waals surface area (Å²) in [5.41, 5.74) is 3.00. The lowest BCUT2D eigenvalue weighted by molar-refractivity contribution is -0.510. The summed E-state index contributed by atoms with van der Waals surface area (Å²) in [6, 6.07) is 20.9. The Labute approximate surface area is 144 Å². The highest BCUT2D eigenvalue weighted by Crippen LogP contribution is 2.22. The summed E-state index contributed by atoms with van der Waals surface area (Å²) in [6.07, 6.45) is 4.16. The Morgan fingerprint density at radius 3 is 2.39 bits per heavy atom. The Balaban J connectivity index is 0.00000156. The number of pyridine rings is 2. The van der Waals surface area contributed by atoms with Crippen molar-refractivity contribution in [2.24, 2.45) is 0 Å². The minimum Gasteiger partial charge on any atom is -1.00 e. The normalized spacial score (nSPS) is 10.5. The molecule has 0 bridgehead atoms. The molecule has 0 atom stereocenters. The number of hydrogen-bond acceptors (Lipinski definition) is 1. The smallest absolute Gasteiger partial charge is 0.211 e. The highest BCUT2D eigenvalue weighted by molar-refractivity contribution is 5.87. The van der Waals surface area contributed by atoms with Gasteiger partial charge >= 0.3 is 0 Å². The lowest BCUT2D eigenvalue weighted by Crippen LogP contribution is -3.00. The molecule has 23 heavy (non-hydrogen) atoms. The minimum atomic E-state index is -0.229. The van der Waals surface area contributed by atoms with Gasteiger partial charge in [0, 0.05) is 35.0 Å². The zero-order valence-corrected chi connectivity index (χ0v) is 13.8. The van der Waals surface area contributed by atoms with Crippen molar-refractivity contribution in [1.82, 2.24) is 0 Å². The fourth-order valence-corrected chi connectivity index (χ4v) is 2.61. The Bertz CT molecular complexity index is 968. The van der Waals surface area contributed by atoms with Crippen LogP contribution in [-0.2, 0) is 0 Å². The van der Waals surface area contributed by atoms with Crippen LogP contribution in [-0.4, -0.2) is 0 Å². The lowest BCUT2D eigenvalue weighted by atomic mass is 10.1. The third-order valence-electron chi connectivity index (χ3n) is 3.72. The van der Waals surface area contributed by atoms with Gasteiger partial charge in [-0.1, -0.05) is 0 Å². The van der Waals surface area contributed by atoms with E-state index in [9.17, 15) is 4.39 Å². The molecule has 0 aliphatic carbocycles. The Kier molecular flexibility index (Phi) is 4.26. The van der Waals surface area contributed by atoms with Crippen molar-refractivity contribution in [1.29, 1.82) is 0 Å². The maximum absolute atomic E-state index is 13.0. The van der Waals surface area contributed by atoms with Crippen LogP contribution < -0.4 is 26.7 Å². The summed E-state index contributed by atoms with van der Waals surface area (Å²) in [7, 11) is 0. The van der Waals surface area contributed by atoms with Crippen LogP contribution in [0.2, 0.25) is 0 Å². The third-order valence-corrected chi connectivity index (χ3v) is 3.72. The van der Waals surface area contributed by atoms with Crippen molar-refractivity contribution in [3.8, 4) is 0 Å². The largest absolute Gasteiger partial charge is 1.00 e. The Morgan fingerprint density at radius 1 is 0.783 bits per heavy atom. The molecule has 1 N–H and O–H groups in total. The maximum Gasteiger partial charge on any atom is 0.211 e. The Morgan fingerprint density at radius 2 is 1.57 bits per heavy atom. The predicted molar refractivity (Wildman–Crippen MR) is 86.8 cm³/mol. The van der Waals surface area contributed by atoms with Gasteiger partial charge in [0.2, 0.25) is 5.52 Å². The van der Waals surface area contributed by atoms with E-state index in [2.05, 4.69) is 40.2 Å². The standard InChI is InChI=1S/C19H13FN2.BrH/c20-16-5-8-17(9-6-16)21-18-7-4-14-13-22-10-2-1-3-19(22)12-15(14)11-18;/h1-13H;1H. The van der Waals surface area contributed by atoms with Gasteiger partial charge in [-0.2, -0.15) is 4.40 Å². The number of benzene rings is 2. The monoisotopic (exact) mass is 368 g/mol. The molecule has 0 saturated heterocycles. The molecule has 0 spiro atoms. The summed E-state index contributed by atoms with van der Waals surface area (Å²) in [4.78, 5) is 0. The minimum absolute atomic E-state index is 0. The first kappa shape index (κ1) is 15.4. The number of anilines is 2. The van der Waals surface area contributed by atoms with E-state index in [1.807, 2.05) is 24.4 Å². The van der Waals surface area contributed by atoms with E-state index in [1.165, 1.54) is 22.9 Å². The van der Waals surface area contributed by atoms with Gasteiger partial charge in [0.1, 0.15) is 5.82 Å². The first-order valence-electron chi connectivity index (χ1n) is 7.14. The Hall–Kier alpha value is -2.46. The molecule has 4 aromatic rings. The van der Waals surface area contributed by atoms with Crippen molar-refractivity contribution < 1.29 is 25.8 Å². The fraction of sp³-hybridized carbons (Fsp3) is 0. The van der Waals surface area contributed by atoms with Crippen LogP contribution in [0.4, 0.5) is 15.8 Å². The van der Waals surface area contributed by atoms with Crippen LogP contribution in [0, 0.1) is 5.82 Å². The fourth-order valence-electron chi connectivity index (χ4n) is 2.61. The first-order chi connectivity index (χ1) is 10.8. The molecule has 114 valence electrons. The first-order valence-corrected chi connectivity index (χ1v) is 7.14. The number of hydrogen-bond donors (Lipinski definition) is 1. The molecule has 0 radical (unpaired) electrons. The van der Waals surface area contributed by atoms with Crippen molar-refractivity contribution >= 4 is 27.7 Å². The molecule has 0 aliphatic rings. The molecule has 0 saturated carbocycles. The maximum atomic E-state index is 13.0. The van der Waals surface area contributed by atoms with E-state index in [4.69, 9.17) is 0 Å². The van der Waals surface area contributed by atoms with Gasteiger partial charge in [-0.3, -0.25) is 0 Å². The molecule has 0 amide bonds. The number of rotatable bonds is 2. The number of halogens is 2. The summed E-state index contributed by atoms with van der Waals surface area (Å²) < 4.78 is 15.1. The third kappa shape index (κ3) is 3.17. The quantitative estimate of drug-likeness (QED) is 0.418. The highest BCUT2D eigenvalue weighted by Gasteiger charge is 2.05. The van der Waals surface area contributed by atoms with E-state index in [1.54, 1.807) is 12.1 Å². The van der Waals surface area contributed by atoms with Gasteiger partial charge in [0.05, 0.1) is 0 Å². The van der Waals surface area contributed by atoms with Crippen LogP contribution >= 0.6 is 0 Å². The van der Waals surface area contributed by atoms with E-state index >= 15 is 0 Å². The average Bonchev–Trinajstić information content (AvgIpc) is 2.55. The summed E-state index contributed by atoms with van der Waals surface area (Å²) >= 11 is 0. The summed E-state index contributed by atoms with van der Waals surface area (Å²) in [5.74, 6) is -0.229. The van der Waals surface area contributed by atoms with E-state index in [-0.39, 0.29) is 22.8 Å². The molecule has 0 unspecified atom stereocenters. The SMILES string of the molecule is Fc1ccc(Nc2ccc3c[n+]4ccccc4cc3c2)cc1.[Br-]. The zero-order chi connectivity index (χ0) is 14.9. The second kappa shape index (κ2) is 6.34. The second-order valence-corrected chi connectivity index (χ2v) is 5.28. The van der Waals surface area contributed by atoms with Gasteiger partial charge < -0.3 is 22.3 Å². The molecule has 4 rings (SSSR count). The van der Waals surface area contributed by atoms with Crippen LogP contribution in [0.1, 0.15) is 0 Å². The van der Waals surface area contributed by atoms with Gasteiger partial charge in [-0.15, -0.1) is 0 Å². The molecule has 0 fully saturated rings. The van der Waals surface area contributed by atoms with Gasteiger partial charge in [-0.05, 0) is 53.9 Å². The predicted octanol–water partition coefficient (Wildman–Crippen LogP) is 1.47. The molecular weight excluding hydrogens is 355 g/mol. The molecular formula is C19H14BrFN2. The van der Waals surface area contributed by atoms with Crippen LogP contribution in [0.15, 0.2) is 79.1 Å². The molecule has 2 heterocycles. The summed E-state index contributed by atoms with van der Waals surface area (Å²) in [6.45, 7) is 0. The summed E-state index contributed by atoms with van der Waals surface area (Å²) in [5, 5.41) is 5.64. The topological polar surface area (TPSA) is 16.1 Å². The number of fused-ring (bicyclic) bond motifs is 2. The van der Waals surface area contributed by atoms with Crippen molar-refractivity contribution in [3.05, 3.63) is 84.9 Å². The van der Waals surface area contributed by atoms with E-state index in [0.29, 0.717) is 0 Å². The molecule has 2 aromatic heterocycles. The molecule has 0 aliphatic heterocycles. The number of aromatic nitrogens is 1. The molecule has 2 aromatic carbocycles. The average molecular weight is 369 g/mol. The van der Waals surface area contributed by atoms with Gasteiger partial charge in [-0.25, -0.2) is 4.39 Å². The van der Waals surface area contributed by atoms with Crippen molar-refractivity contribution in [3.63, 3.8) is 0 Å². The van der Waals surface area contributed by atoms with Crippen LogP contribution in [0.5, 0.6) is 0 Å². The van der Waals surface area contributed by atoms with E-state index in [0.717, 1.165) is 16.9 Å². The highest BCUT2D eigenvalue weighted by atomic mass is 79.9. The van der Waals surface area contributed by atoms with Crippen LogP contribution in [0.25, 0.3) is 16.3 Å². The molecule has 4 heteroatoms. The lowest BCUT2D eigenvalue weighted by Gasteiger charge is -2.07. The van der Waals surface area contributed by atoms with Crippen molar-refractivity contribution in [2.75, 3.05) is 5.32 Å². The second-order valence-electron chi connectivity index (χ2n) is 5.28. The molecule has 2 nitrogen and oxygen atoms in total. The van der Waals surface area contributed by atoms with Gasteiger partial charge in [0.25, 0.3) is 0 Å². The van der Waals surface area contributed by atoms with Crippen LogP contribution in [0.3, 0.4) is 0 Å². The number of nitrogens with one attached hydrogen (secondary N) is 1. The van der Waals surface area contributed by atoms with Crippen molar-refractivity contribution in [2.45, 2.75) is 0 Å². The van der Waals surface area contributed by atoms with Gasteiger partial charge in [0.15, 0.2) is 12.4 Å². The number of nitrogens with zero attached hydrogens (tertiary/aromatic N) is 1.